The number of amidine groups is 1. The largest absolute Gasteiger partial charge is 0.387 e. The molecule has 3 N–H and O–H groups in total. The number of nitrogens with one attached hydrogen (secondary N) is 3. The molecule has 0 spiro atoms. The molecule has 132 valence electrons. The van der Waals surface area contributed by atoms with Crippen LogP contribution < -0.4 is 10.6 Å². The quantitative estimate of drug-likeness (QED) is 0.565. The molecule has 6 nitrogen and oxygen atoms in total. The van der Waals surface area contributed by atoms with Crippen LogP contribution in [-0.2, 0) is 9.59 Å². The average Bonchev–Trinajstić information content (AvgIpc) is 2.91. The molecule has 2 aliphatic rings. The van der Waals surface area contributed by atoms with Crippen LogP contribution in [0.4, 0.5) is 0 Å². The second-order valence-electron chi connectivity index (χ2n) is 6.27. The zero-order valence-corrected chi connectivity index (χ0v) is 14.5. The van der Waals surface area contributed by atoms with E-state index >= 15 is 0 Å². The molecule has 2 rings (SSSR count). The van der Waals surface area contributed by atoms with Gasteiger partial charge in [-0.2, -0.15) is 0 Å². The molecule has 1 saturated heterocycles. The van der Waals surface area contributed by atoms with Crippen LogP contribution in [0.5, 0.6) is 0 Å². The SMILES string of the molecule is CCCCCNC(=O)C1=CC=C(NCCN2C(=N)CCC2=O)CC1. The molecule has 0 aromatic carbocycles. The third kappa shape index (κ3) is 5.22. The first-order chi connectivity index (χ1) is 11.6. The van der Waals surface area contributed by atoms with E-state index in [-0.39, 0.29) is 11.8 Å². The van der Waals surface area contributed by atoms with E-state index in [1.165, 1.54) is 0 Å². The van der Waals surface area contributed by atoms with E-state index in [4.69, 9.17) is 5.41 Å². The summed E-state index contributed by atoms with van der Waals surface area (Å²) in [5, 5.41) is 14.0. The lowest BCUT2D eigenvalue weighted by molar-refractivity contribution is -0.125. The van der Waals surface area contributed by atoms with Crippen LogP contribution in [0.1, 0.15) is 51.9 Å². The third-order valence-electron chi connectivity index (χ3n) is 4.40. The van der Waals surface area contributed by atoms with Crippen molar-refractivity contribution >= 4 is 17.6 Å². The number of hydrogen-bond acceptors (Lipinski definition) is 4. The molecule has 1 aliphatic heterocycles. The van der Waals surface area contributed by atoms with Gasteiger partial charge in [0.1, 0.15) is 5.84 Å². The van der Waals surface area contributed by atoms with Crippen molar-refractivity contribution in [2.45, 2.75) is 51.9 Å². The van der Waals surface area contributed by atoms with Gasteiger partial charge in [0.2, 0.25) is 11.8 Å². The topological polar surface area (TPSA) is 85.3 Å². The van der Waals surface area contributed by atoms with Gasteiger partial charge in [-0.25, -0.2) is 0 Å². The van der Waals surface area contributed by atoms with Crippen molar-refractivity contribution in [3.05, 3.63) is 23.4 Å². The zero-order valence-electron chi connectivity index (χ0n) is 14.5. The monoisotopic (exact) mass is 332 g/mol. The number of allylic oxidation sites excluding steroid dienone is 3. The lowest BCUT2D eigenvalue weighted by atomic mass is 10.0. The molecule has 24 heavy (non-hydrogen) atoms. The molecule has 1 heterocycles. The van der Waals surface area contributed by atoms with Gasteiger partial charge in [0, 0.05) is 43.7 Å². The van der Waals surface area contributed by atoms with Crippen molar-refractivity contribution in [3.8, 4) is 0 Å². The standard InChI is InChI=1S/C18H28N4O2/c1-2-3-4-11-21-18(24)14-5-7-15(8-6-14)20-12-13-22-16(19)9-10-17(22)23/h5,7,19-20H,2-4,6,8-13H2,1H3,(H,21,24). The predicted octanol–water partition coefficient (Wildman–Crippen LogP) is 2.09. The Hall–Kier alpha value is -2.11. The van der Waals surface area contributed by atoms with Crippen LogP contribution in [0.2, 0.25) is 0 Å². The van der Waals surface area contributed by atoms with Gasteiger partial charge in [0.25, 0.3) is 0 Å². The molecule has 0 radical (unpaired) electrons. The second-order valence-corrected chi connectivity index (χ2v) is 6.27. The Kier molecular flexibility index (Phi) is 7.03. The fourth-order valence-corrected chi connectivity index (χ4v) is 2.90. The van der Waals surface area contributed by atoms with Gasteiger partial charge in [-0.3, -0.25) is 19.9 Å². The Bertz CT molecular complexity index is 535. The molecule has 1 aliphatic carbocycles. The minimum absolute atomic E-state index is 0.0394. The molecular formula is C18H28N4O2. The van der Waals surface area contributed by atoms with Gasteiger partial charge >= 0.3 is 0 Å². The van der Waals surface area contributed by atoms with Gasteiger partial charge in [0.15, 0.2) is 0 Å². The summed E-state index contributed by atoms with van der Waals surface area (Å²) < 4.78 is 0. The number of rotatable bonds is 9. The van der Waals surface area contributed by atoms with Crippen molar-refractivity contribution in [2.75, 3.05) is 19.6 Å². The van der Waals surface area contributed by atoms with Gasteiger partial charge in [-0.05, 0) is 25.3 Å². The highest BCUT2D eigenvalue weighted by molar-refractivity contribution is 6.03. The van der Waals surface area contributed by atoms with E-state index in [2.05, 4.69) is 17.6 Å². The first-order valence-corrected chi connectivity index (χ1v) is 8.91. The molecule has 0 aromatic rings. The number of carbonyl (C=O) groups is 2. The summed E-state index contributed by atoms with van der Waals surface area (Å²) in [7, 11) is 0. The van der Waals surface area contributed by atoms with Crippen molar-refractivity contribution in [3.63, 3.8) is 0 Å². The molecule has 0 saturated carbocycles. The van der Waals surface area contributed by atoms with Gasteiger partial charge < -0.3 is 10.6 Å². The summed E-state index contributed by atoms with van der Waals surface area (Å²) in [5.41, 5.74) is 1.91. The van der Waals surface area contributed by atoms with E-state index in [9.17, 15) is 9.59 Å². The van der Waals surface area contributed by atoms with Crippen LogP contribution in [0.15, 0.2) is 23.4 Å². The van der Waals surface area contributed by atoms with Crippen molar-refractivity contribution in [1.82, 2.24) is 15.5 Å². The zero-order chi connectivity index (χ0) is 17.4. The molecule has 0 atom stereocenters. The Balaban J connectivity index is 1.71. The molecule has 1 fully saturated rings. The third-order valence-corrected chi connectivity index (χ3v) is 4.40. The maximum absolute atomic E-state index is 12.0. The van der Waals surface area contributed by atoms with Crippen LogP contribution in [0.25, 0.3) is 0 Å². The summed E-state index contributed by atoms with van der Waals surface area (Å²) >= 11 is 0. The molecule has 6 heteroatoms. The highest BCUT2D eigenvalue weighted by Gasteiger charge is 2.25. The first-order valence-electron chi connectivity index (χ1n) is 8.91. The predicted molar refractivity (Wildman–Crippen MR) is 94.6 cm³/mol. The van der Waals surface area contributed by atoms with E-state index in [1.807, 2.05) is 12.2 Å². The number of carbonyl (C=O) groups excluding carboxylic acids is 2. The Morgan fingerprint density at radius 2 is 2.00 bits per heavy atom. The fourth-order valence-electron chi connectivity index (χ4n) is 2.90. The molecular weight excluding hydrogens is 304 g/mol. The number of unbranched alkanes of at least 4 members (excludes halogenated alkanes) is 2. The summed E-state index contributed by atoms with van der Waals surface area (Å²) in [6.07, 6.45) is 9.70. The normalized spacial score (nSPS) is 17.6. The highest BCUT2D eigenvalue weighted by atomic mass is 16.2. The van der Waals surface area contributed by atoms with Crippen molar-refractivity contribution in [1.29, 1.82) is 5.41 Å². The smallest absolute Gasteiger partial charge is 0.247 e. The van der Waals surface area contributed by atoms with E-state index in [1.54, 1.807) is 4.90 Å². The Morgan fingerprint density at radius 1 is 1.17 bits per heavy atom. The summed E-state index contributed by atoms with van der Waals surface area (Å²) in [4.78, 5) is 25.2. The van der Waals surface area contributed by atoms with E-state index in [0.29, 0.717) is 31.8 Å². The van der Waals surface area contributed by atoms with E-state index in [0.717, 1.165) is 49.9 Å². The maximum atomic E-state index is 12.0. The number of nitrogens with zero attached hydrogens (tertiary/aromatic N) is 1. The minimum atomic E-state index is 0.0394. The molecule has 0 unspecified atom stereocenters. The summed E-state index contributed by atoms with van der Waals surface area (Å²) in [6, 6.07) is 0. The van der Waals surface area contributed by atoms with Gasteiger partial charge in [-0.1, -0.05) is 25.8 Å². The van der Waals surface area contributed by atoms with Crippen LogP contribution in [-0.4, -0.2) is 42.2 Å². The Morgan fingerprint density at radius 3 is 2.62 bits per heavy atom. The van der Waals surface area contributed by atoms with Crippen molar-refractivity contribution < 1.29 is 9.59 Å². The number of likely N-dealkylation sites (tertiary alicyclic amines) is 1. The molecule has 0 bridgehead atoms. The first kappa shape index (κ1) is 18.2. The summed E-state index contributed by atoms with van der Waals surface area (Å²) in [5.74, 6) is 0.500. The minimum Gasteiger partial charge on any atom is -0.387 e. The summed E-state index contributed by atoms with van der Waals surface area (Å²) in [6.45, 7) is 4.05. The van der Waals surface area contributed by atoms with Crippen LogP contribution >= 0.6 is 0 Å². The fraction of sp³-hybridized carbons (Fsp3) is 0.611. The average molecular weight is 332 g/mol. The lowest BCUT2D eigenvalue weighted by Crippen LogP contribution is -2.35. The number of hydrogen-bond donors (Lipinski definition) is 3. The van der Waals surface area contributed by atoms with Gasteiger partial charge in [0.05, 0.1) is 0 Å². The number of amides is 2. The second kappa shape index (κ2) is 9.25. The van der Waals surface area contributed by atoms with Crippen molar-refractivity contribution in [2.24, 2.45) is 0 Å². The molecule has 0 aromatic heterocycles. The van der Waals surface area contributed by atoms with Crippen LogP contribution in [0.3, 0.4) is 0 Å². The lowest BCUT2D eigenvalue weighted by Gasteiger charge is -2.19. The van der Waals surface area contributed by atoms with Gasteiger partial charge in [-0.15, -0.1) is 0 Å². The van der Waals surface area contributed by atoms with E-state index < -0.39 is 0 Å². The molecule has 2 amide bonds. The Labute approximate surface area is 143 Å². The highest BCUT2D eigenvalue weighted by Crippen LogP contribution is 2.17. The van der Waals surface area contributed by atoms with Crippen LogP contribution in [0, 0.1) is 5.41 Å². The maximum Gasteiger partial charge on any atom is 0.247 e.